The predicted molar refractivity (Wildman–Crippen MR) is 82.2 cm³/mol. The van der Waals surface area contributed by atoms with Crippen molar-refractivity contribution in [1.29, 1.82) is 0 Å². The van der Waals surface area contributed by atoms with Crippen LogP contribution in [0.4, 0.5) is 11.4 Å². The zero-order valence-corrected chi connectivity index (χ0v) is 11.9. The lowest BCUT2D eigenvalue weighted by atomic mass is 10.0. The zero-order chi connectivity index (χ0) is 14.3. The van der Waals surface area contributed by atoms with Crippen molar-refractivity contribution in [3.05, 3.63) is 30.5 Å². The Balaban J connectivity index is 1.64. The van der Waals surface area contributed by atoms with Crippen LogP contribution in [0.15, 0.2) is 30.5 Å². The quantitative estimate of drug-likeness (QED) is 0.814. The number of pyridine rings is 1. The van der Waals surface area contributed by atoms with Crippen LogP contribution in [0.3, 0.4) is 0 Å². The van der Waals surface area contributed by atoms with Gasteiger partial charge in [-0.2, -0.15) is 0 Å². The number of nitrogens with zero attached hydrogens (tertiary/aromatic N) is 2. The van der Waals surface area contributed by atoms with E-state index in [1.54, 1.807) is 6.20 Å². The second-order valence-electron chi connectivity index (χ2n) is 5.67. The minimum absolute atomic E-state index is 0.335. The largest absolute Gasteiger partial charge is 0.397 e. The van der Waals surface area contributed by atoms with E-state index >= 15 is 0 Å². The molecule has 0 bridgehead atoms. The van der Waals surface area contributed by atoms with E-state index in [1.165, 1.54) is 5.69 Å². The summed E-state index contributed by atoms with van der Waals surface area (Å²) < 4.78 is 11.6. The Bertz CT molecular complexity index is 658. The van der Waals surface area contributed by atoms with Gasteiger partial charge in [0.05, 0.1) is 24.4 Å². The highest BCUT2D eigenvalue weighted by Gasteiger charge is 2.40. The number of aromatic nitrogens is 1. The summed E-state index contributed by atoms with van der Waals surface area (Å²) >= 11 is 0. The van der Waals surface area contributed by atoms with Crippen LogP contribution in [-0.2, 0) is 9.47 Å². The summed E-state index contributed by atoms with van der Waals surface area (Å²) in [6, 6.07) is 8.08. The van der Waals surface area contributed by atoms with Crippen molar-refractivity contribution in [2.24, 2.45) is 0 Å². The Hall–Kier alpha value is -1.85. The number of hydrogen-bond acceptors (Lipinski definition) is 5. The van der Waals surface area contributed by atoms with Crippen molar-refractivity contribution in [3.8, 4) is 0 Å². The summed E-state index contributed by atoms with van der Waals surface area (Å²) in [6.45, 7) is 3.28. The molecule has 0 radical (unpaired) electrons. The lowest BCUT2D eigenvalue weighted by Crippen LogP contribution is -2.45. The van der Waals surface area contributed by atoms with Crippen LogP contribution in [0.2, 0.25) is 0 Å². The van der Waals surface area contributed by atoms with Gasteiger partial charge in [0, 0.05) is 43.2 Å². The molecule has 0 amide bonds. The average Bonchev–Trinajstić information content (AvgIpc) is 2.98. The molecule has 5 nitrogen and oxygen atoms in total. The molecule has 3 heterocycles. The number of fused-ring (bicyclic) bond motifs is 1. The van der Waals surface area contributed by atoms with Gasteiger partial charge in [-0.05, 0) is 24.3 Å². The molecule has 0 unspecified atom stereocenters. The molecular formula is C16H19N3O2. The topological polar surface area (TPSA) is 60.6 Å². The smallest absolute Gasteiger partial charge is 0.171 e. The summed E-state index contributed by atoms with van der Waals surface area (Å²) in [5, 5.41) is 1.11. The number of benzene rings is 1. The number of nitrogen functional groups attached to an aromatic ring is 1. The highest BCUT2D eigenvalue weighted by atomic mass is 16.7. The molecule has 2 aliphatic heterocycles. The molecule has 21 heavy (non-hydrogen) atoms. The van der Waals surface area contributed by atoms with Crippen molar-refractivity contribution in [2.75, 3.05) is 36.9 Å². The number of anilines is 2. The predicted octanol–water partition coefficient (Wildman–Crippen LogP) is 2.16. The maximum atomic E-state index is 6.03. The Morgan fingerprint density at radius 1 is 1.10 bits per heavy atom. The van der Waals surface area contributed by atoms with Crippen molar-refractivity contribution < 1.29 is 9.47 Å². The van der Waals surface area contributed by atoms with Gasteiger partial charge >= 0.3 is 0 Å². The Morgan fingerprint density at radius 3 is 2.62 bits per heavy atom. The second-order valence-corrected chi connectivity index (χ2v) is 5.67. The van der Waals surface area contributed by atoms with Gasteiger partial charge in [-0.25, -0.2) is 0 Å². The monoisotopic (exact) mass is 285 g/mol. The molecule has 5 heteroatoms. The van der Waals surface area contributed by atoms with E-state index in [4.69, 9.17) is 15.2 Å². The highest BCUT2D eigenvalue weighted by molar-refractivity contribution is 5.98. The molecule has 2 aliphatic rings. The van der Waals surface area contributed by atoms with Gasteiger partial charge in [0.15, 0.2) is 5.79 Å². The van der Waals surface area contributed by atoms with Crippen LogP contribution in [0.5, 0.6) is 0 Å². The molecule has 0 saturated carbocycles. The molecule has 1 spiro atoms. The van der Waals surface area contributed by atoms with Crippen molar-refractivity contribution in [1.82, 2.24) is 4.98 Å². The van der Waals surface area contributed by atoms with Crippen LogP contribution in [0.25, 0.3) is 10.9 Å². The van der Waals surface area contributed by atoms with Crippen molar-refractivity contribution in [2.45, 2.75) is 18.6 Å². The second kappa shape index (κ2) is 4.86. The van der Waals surface area contributed by atoms with E-state index in [1.807, 2.05) is 12.1 Å². The highest BCUT2D eigenvalue weighted by Crippen LogP contribution is 2.36. The number of hydrogen-bond donors (Lipinski definition) is 1. The maximum Gasteiger partial charge on any atom is 0.171 e. The van der Waals surface area contributed by atoms with Gasteiger partial charge in [0.2, 0.25) is 0 Å². The first-order chi connectivity index (χ1) is 10.3. The van der Waals surface area contributed by atoms with E-state index in [0.29, 0.717) is 13.2 Å². The fraction of sp³-hybridized carbons (Fsp3) is 0.438. The van der Waals surface area contributed by atoms with E-state index in [-0.39, 0.29) is 5.79 Å². The van der Waals surface area contributed by atoms with Crippen LogP contribution >= 0.6 is 0 Å². The first-order valence-electron chi connectivity index (χ1n) is 7.44. The van der Waals surface area contributed by atoms with Gasteiger partial charge in [-0.1, -0.05) is 0 Å². The third-order valence-corrected chi connectivity index (χ3v) is 4.46. The summed E-state index contributed by atoms with van der Waals surface area (Å²) in [7, 11) is 0. The average molecular weight is 285 g/mol. The fourth-order valence-corrected chi connectivity index (χ4v) is 3.33. The molecular weight excluding hydrogens is 266 g/mol. The van der Waals surface area contributed by atoms with Crippen molar-refractivity contribution in [3.63, 3.8) is 0 Å². The van der Waals surface area contributed by atoms with E-state index < -0.39 is 0 Å². The van der Waals surface area contributed by atoms with Crippen LogP contribution < -0.4 is 10.6 Å². The number of rotatable bonds is 1. The van der Waals surface area contributed by atoms with E-state index in [9.17, 15) is 0 Å². The van der Waals surface area contributed by atoms with E-state index in [0.717, 1.165) is 42.5 Å². The Morgan fingerprint density at radius 2 is 1.86 bits per heavy atom. The molecule has 2 N–H and O–H groups in total. The molecule has 2 fully saturated rings. The standard InChI is InChI=1S/C16H19N3O2/c17-13-3-4-14(12-2-1-7-18-15(12)13)19-8-5-16(6-9-19)20-10-11-21-16/h1-4,7H,5-6,8-11,17H2. The molecule has 0 aliphatic carbocycles. The lowest BCUT2D eigenvalue weighted by molar-refractivity contribution is -0.169. The minimum atomic E-state index is -0.335. The Kier molecular flexibility index (Phi) is 2.97. The molecule has 1 aromatic carbocycles. The van der Waals surface area contributed by atoms with Crippen LogP contribution in [-0.4, -0.2) is 37.1 Å². The van der Waals surface area contributed by atoms with Gasteiger partial charge < -0.3 is 20.1 Å². The molecule has 4 rings (SSSR count). The lowest BCUT2D eigenvalue weighted by Gasteiger charge is -2.39. The SMILES string of the molecule is Nc1ccc(N2CCC3(CC2)OCCO3)c2cccnc12. The first kappa shape index (κ1) is 12.9. The molecule has 0 atom stereocenters. The number of piperidine rings is 1. The zero-order valence-electron chi connectivity index (χ0n) is 11.9. The molecule has 110 valence electrons. The first-order valence-corrected chi connectivity index (χ1v) is 7.44. The fourth-order valence-electron chi connectivity index (χ4n) is 3.33. The molecule has 2 aromatic rings. The Labute approximate surface area is 123 Å². The van der Waals surface area contributed by atoms with Gasteiger partial charge in [-0.3, -0.25) is 4.98 Å². The molecule has 2 saturated heterocycles. The summed E-state index contributed by atoms with van der Waals surface area (Å²) in [5.74, 6) is -0.335. The van der Waals surface area contributed by atoms with Crippen molar-refractivity contribution >= 4 is 22.3 Å². The van der Waals surface area contributed by atoms with E-state index in [2.05, 4.69) is 22.0 Å². The maximum absolute atomic E-state index is 6.03. The number of ether oxygens (including phenoxy) is 2. The minimum Gasteiger partial charge on any atom is -0.397 e. The van der Waals surface area contributed by atoms with Gasteiger partial charge in [0.25, 0.3) is 0 Å². The number of nitrogens with two attached hydrogens (primary N) is 1. The summed E-state index contributed by atoms with van der Waals surface area (Å²) in [5.41, 5.74) is 8.83. The normalized spacial score (nSPS) is 21.2. The van der Waals surface area contributed by atoms with Crippen LogP contribution in [0.1, 0.15) is 12.8 Å². The molecule has 1 aromatic heterocycles. The summed E-state index contributed by atoms with van der Waals surface area (Å²) in [6.07, 6.45) is 3.59. The third kappa shape index (κ3) is 2.13. The third-order valence-electron chi connectivity index (χ3n) is 4.46. The summed E-state index contributed by atoms with van der Waals surface area (Å²) in [4.78, 5) is 6.78. The van der Waals surface area contributed by atoms with Crippen LogP contribution in [0, 0.1) is 0 Å². The van der Waals surface area contributed by atoms with Gasteiger partial charge in [-0.15, -0.1) is 0 Å². The van der Waals surface area contributed by atoms with Gasteiger partial charge in [0.1, 0.15) is 0 Å².